The third-order valence-corrected chi connectivity index (χ3v) is 16.1. The Morgan fingerprint density at radius 3 is 1.72 bits per heavy atom. The SMILES string of the molecule is Nc1nnc(SCSOC(=O)C2=CCCC3C(NC(=O)C(=NOC(c4ccccc4)(c4ccccc4)c4ccccc4)c4nc(NC(c5ccccc5)(c5ccccc5)c5ccccc5)sc4Cl)C(=O)N23)s1. The number of carbonyl (C=O) groups is 3. The second-order valence-electron chi connectivity index (χ2n) is 16.5. The molecule has 2 atom stereocenters. The highest BCUT2D eigenvalue weighted by Crippen LogP contribution is 2.44. The minimum atomic E-state index is -1.39. The molecule has 1 fully saturated rings. The van der Waals surface area contributed by atoms with E-state index in [1.54, 1.807) is 6.08 Å². The van der Waals surface area contributed by atoms with E-state index in [-0.39, 0.29) is 21.4 Å². The summed E-state index contributed by atoms with van der Waals surface area (Å²) in [6.45, 7) is 0. The van der Waals surface area contributed by atoms with Gasteiger partial charge in [0.05, 0.1) is 23.2 Å². The quantitative estimate of drug-likeness (QED) is 0.0109. The predicted molar refractivity (Wildman–Crippen MR) is 285 cm³/mol. The molecule has 13 nitrogen and oxygen atoms in total. The van der Waals surface area contributed by atoms with Crippen LogP contribution in [0.1, 0.15) is 51.9 Å². The van der Waals surface area contributed by atoms with E-state index in [2.05, 4.69) is 57.2 Å². The number of rotatable bonds is 18. The topological polar surface area (TPSA) is 174 Å². The first kappa shape index (κ1) is 48.4. The smallest absolute Gasteiger partial charge is 0.366 e. The number of fused-ring (bicyclic) bond motifs is 1. The number of nitrogen functional groups attached to an aromatic ring is 1. The lowest BCUT2D eigenvalue weighted by Gasteiger charge is -2.49. The van der Waals surface area contributed by atoms with E-state index in [0.29, 0.717) is 32.5 Å². The summed E-state index contributed by atoms with van der Waals surface area (Å²) in [7, 11) is 0. The number of halogens is 1. The molecule has 0 spiro atoms. The molecule has 6 aromatic carbocycles. The van der Waals surface area contributed by atoms with E-state index >= 15 is 4.79 Å². The monoisotopic (exact) mass is 1050 g/mol. The average molecular weight is 1050 g/mol. The molecule has 8 aromatic rings. The molecule has 360 valence electrons. The second kappa shape index (κ2) is 21.6. The van der Waals surface area contributed by atoms with Gasteiger partial charge in [0.15, 0.2) is 15.2 Å². The summed E-state index contributed by atoms with van der Waals surface area (Å²) in [5.74, 6) is -1.93. The number of benzene rings is 6. The van der Waals surface area contributed by atoms with Crippen molar-refractivity contribution in [3.8, 4) is 0 Å². The Labute approximate surface area is 436 Å². The molecule has 72 heavy (non-hydrogen) atoms. The zero-order valence-electron chi connectivity index (χ0n) is 38.0. The van der Waals surface area contributed by atoms with Crippen molar-refractivity contribution in [1.82, 2.24) is 25.4 Å². The molecular weight excluding hydrogens is 1000 g/mol. The Kier molecular flexibility index (Phi) is 14.5. The van der Waals surface area contributed by atoms with Crippen molar-refractivity contribution in [2.75, 3.05) is 16.1 Å². The Bertz CT molecular complexity index is 3050. The van der Waals surface area contributed by atoms with E-state index in [9.17, 15) is 9.59 Å². The van der Waals surface area contributed by atoms with Gasteiger partial charge in [-0.25, -0.2) is 9.78 Å². The van der Waals surface area contributed by atoms with Gasteiger partial charge in [-0.15, -0.1) is 10.2 Å². The fourth-order valence-electron chi connectivity index (χ4n) is 9.08. The lowest BCUT2D eigenvalue weighted by molar-refractivity contribution is -0.154. The largest absolute Gasteiger partial charge is 0.386 e. The van der Waals surface area contributed by atoms with E-state index < -0.39 is 41.0 Å². The summed E-state index contributed by atoms with van der Waals surface area (Å²) in [6, 6.07) is 57.4. The van der Waals surface area contributed by atoms with Gasteiger partial charge in [-0.2, -0.15) is 0 Å². The highest BCUT2D eigenvalue weighted by molar-refractivity contribution is 8.14. The van der Waals surface area contributed by atoms with Crippen molar-refractivity contribution in [3.63, 3.8) is 0 Å². The fraction of sp³-hybridized carbons (Fsp3) is 0.130. The summed E-state index contributed by atoms with van der Waals surface area (Å²) in [5, 5.41) is 20.3. The number of allylic oxidation sites excluding steroid dienone is 1. The number of nitrogens with zero attached hydrogens (tertiary/aromatic N) is 5. The third-order valence-electron chi connectivity index (χ3n) is 12.3. The van der Waals surface area contributed by atoms with E-state index in [4.69, 9.17) is 36.5 Å². The maximum atomic E-state index is 15.2. The number of nitrogens with one attached hydrogen (secondary N) is 2. The highest BCUT2D eigenvalue weighted by Gasteiger charge is 2.53. The van der Waals surface area contributed by atoms with Crippen LogP contribution in [0.5, 0.6) is 0 Å². The first-order chi connectivity index (χ1) is 35.3. The number of thioether (sulfide) groups is 1. The second-order valence-corrected chi connectivity index (χ2v) is 21.4. The van der Waals surface area contributed by atoms with Gasteiger partial charge in [-0.05, 0) is 29.5 Å². The van der Waals surface area contributed by atoms with Crippen molar-refractivity contribution in [1.29, 1.82) is 0 Å². The molecule has 0 saturated carbocycles. The van der Waals surface area contributed by atoms with Crippen LogP contribution in [0.15, 0.2) is 203 Å². The zero-order chi connectivity index (χ0) is 49.5. The van der Waals surface area contributed by atoms with Gasteiger partial charge in [-0.3, -0.25) is 14.5 Å². The number of hydrogen-bond donors (Lipinski definition) is 3. The molecule has 2 aliphatic rings. The van der Waals surface area contributed by atoms with Crippen LogP contribution in [-0.4, -0.2) is 60.7 Å². The minimum Gasteiger partial charge on any atom is -0.386 e. The fourth-order valence-corrected chi connectivity index (χ4v) is 12.5. The van der Waals surface area contributed by atoms with Gasteiger partial charge in [0.1, 0.15) is 27.3 Å². The van der Waals surface area contributed by atoms with Crippen LogP contribution in [0.3, 0.4) is 0 Å². The standard InChI is InChI=1S/C54H43ClN8O5S4/c55-46-44(58-51(71-46)59-53(35-20-7-1-8-21-35,36-22-9-2-10-23-36)37-24-11-3-12-25-37)45(62-68-54(38-26-13-4-14-27-38,39-28-15-5-16-29-39)40-30-17-6-18-31-40)47(64)57-43-41-32-19-33-42(63(41)48(43)65)49(66)67-70-34-69-52-61-60-50(56)72-52/h1-18,20-31,33,41,43H,19,32,34H2,(H2,56,60)(H,57,64)(H,58,59). The van der Waals surface area contributed by atoms with Crippen LogP contribution < -0.4 is 16.4 Å². The summed E-state index contributed by atoms with van der Waals surface area (Å²) in [6.07, 6.45) is 2.61. The van der Waals surface area contributed by atoms with E-state index in [0.717, 1.165) is 56.8 Å². The van der Waals surface area contributed by atoms with Crippen LogP contribution >= 0.6 is 58.1 Å². The minimum absolute atomic E-state index is 0.0235. The van der Waals surface area contributed by atoms with Crippen molar-refractivity contribution in [2.24, 2.45) is 5.16 Å². The molecule has 2 aliphatic heterocycles. The van der Waals surface area contributed by atoms with Crippen LogP contribution in [-0.2, 0) is 34.5 Å². The van der Waals surface area contributed by atoms with E-state index in [1.165, 1.54) is 28.0 Å². The normalized spacial score (nSPS) is 15.7. The van der Waals surface area contributed by atoms with Gasteiger partial charge >= 0.3 is 5.97 Å². The molecule has 4 N–H and O–H groups in total. The van der Waals surface area contributed by atoms with Crippen LogP contribution in [0.25, 0.3) is 0 Å². The number of amides is 2. The Morgan fingerprint density at radius 1 is 0.736 bits per heavy atom. The predicted octanol–water partition coefficient (Wildman–Crippen LogP) is 10.7. The Morgan fingerprint density at radius 2 is 1.24 bits per heavy atom. The van der Waals surface area contributed by atoms with Crippen LogP contribution in [0, 0.1) is 0 Å². The number of aromatic nitrogens is 3. The number of oxime groups is 1. The molecule has 4 heterocycles. The number of β-lactam (4-membered cyclic amide) rings is 1. The molecule has 1 saturated heterocycles. The molecule has 10 rings (SSSR count). The molecule has 18 heteroatoms. The molecule has 0 bridgehead atoms. The first-order valence-electron chi connectivity index (χ1n) is 22.7. The van der Waals surface area contributed by atoms with Crippen LogP contribution in [0.4, 0.5) is 10.3 Å². The summed E-state index contributed by atoms with van der Waals surface area (Å²) < 4.78 is 6.27. The van der Waals surface area contributed by atoms with Crippen LogP contribution in [0.2, 0.25) is 4.34 Å². The number of thiazole rings is 1. The molecule has 2 amide bonds. The number of nitrogens with two attached hydrogens (primary N) is 1. The van der Waals surface area contributed by atoms with Gasteiger partial charge < -0.3 is 25.4 Å². The molecule has 2 unspecified atom stereocenters. The number of carbonyl (C=O) groups excluding carboxylic acids is 3. The third kappa shape index (κ3) is 9.60. The van der Waals surface area contributed by atoms with Gasteiger partial charge in [0, 0.05) is 16.7 Å². The average Bonchev–Trinajstić information content (AvgIpc) is 4.03. The maximum absolute atomic E-state index is 15.2. The van der Waals surface area contributed by atoms with E-state index in [1.807, 2.05) is 146 Å². The van der Waals surface area contributed by atoms with Crippen molar-refractivity contribution in [2.45, 2.75) is 40.4 Å². The van der Waals surface area contributed by atoms with Gasteiger partial charge in [0.25, 0.3) is 11.8 Å². The molecule has 0 aliphatic carbocycles. The summed E-state index contributed by atoms with van der Waals surface area (Å²) in [5.41, 5.74) is 8.15. The van der Waals surface area contributed by atoms with Gasteiger partial charge in [0.2, 0.25) is 10.7 Å². The highest BCUT2D eigenvalue weighted by atomic mass is 35.5. The Hall–Kier alpha value is -7.28. The van der Waals surface area contributed by atoms with Crippen molar-refractivity contribution >= 4 is 91.8 Å². The summed E-state index contributed by atoms with van der Waals surface area (Å²) >= 11 is 11.9. The first-order valence-corrected chi connectivity index (χ1v) is 26.6. The molecule has 0 radical (unpaired) electrons. The molecule has 2 aromatic heterocycles. The number of anilines is 2. The van der Waals surface area contributed by atoms with Crippen molar-refractivity contribution < 1.29 is 23.4 Å². The number of hydrogen-bond acceptors (Lipinski definition) is 15. The maximum Gasteiger partial charge on any atom is 0.366 e. The lowest BCUT2D eigenvalue weighted by Crippen LogP contribution is -2.71. The zero-order valence-corrected chi connectivity index (χ0v) is 42.1. The molecular formula is C54H43ClN8O5S4. The summed E-state index contributed by atoms with van der Waals surface area (Å²) in [4.78, 5) is 56.1. The van der Waals surface area contributed by atoms with Crippen molar-refractivity contribution in [3.05, 3.63) is 237 Å². The lowest BCUT2D eigenvalue weighted by atomic mass is 9.77. The van der Waals surface area contributed by atoms with Gasteiger partial charge in [-0.1, -0.05) is 239 Å². The Balaban J connectivity index is 1.02.